The second-order valence-corrected chi connectivity index (χ2v) is 2.53. The van der Waals surface area contributed by atoms with E-state index in [-0.39, 0.29) is 15.8 Å². The van der Waals surface area contributed by atoms with Crippen molar-refractivity contribution in [1.82, 2.24) is 0 Å². The highest BCUT2D eigenvalue weighted by molar-refractivity contribution is 6.35. The van der Waals surface area contributed by atoms with Gasteiger partial charge in [0.25, 0.3) is 0 Å². The van der Waals surface area contributed by atoms with Gasteiger partial charge in [-0.15, -0.1) is 0 Å². The van der Waals surface area contributed by atoms with Crippen molar-refractivity contribution in [2.75, 3.05) is 0 Å². The summed E-state index contributed by atoms with van der Waals surface area (Å²) in [6.45, 7) is 0. The summed E-state index contributed by atoms with van der Waals surface area (Å²) in [5.74, 6) is -0.980. The van der Waals surface area contributed by atoms with Crippen LogP contribution in [0.2, 0.25) is 10.0 Å². The molecule has 0 saturated heterocycles. The highest BCUT2D eigenvalue weighted by Gasteiger charge is 2.04. The van der Waals surface area contributed by atoms with Gasteiger partial charge < -0.3 is 5.11 Å². The number of aromatic hydroxyl groups is 1. The Balaban J connectivity index is 3.28. The molecule has 1 nitrogen and oxygen atoms in total. The van der Waals surface area contributed by atoms with Crippen LogP contribution in [0.25, 0.3) is 0 Å². The van der Waals surface area contributed by atoms with E-state index in [0.29, 0.717) is 0 Å². The predicted molar refractivity (Wildman–Crippen MR) is 38.1 cm³/mol. The van der Waals surface area contributed by atoms with Gasteiger partial charge >= 0.3 is 0 Å². The van der Waals surface area contributed by atoms with Gasteiger partial charge in [-0.1, -0.05) is 23.2 Å². The minimum Gasteiger partial charge on any atom is -0.506 e. The van der Waals surface area contributed by atoms with Crippen LogP contribution >= 0.6 is 23.2 Å². The summed E-state index contributed by atoms with van der Waals surface area (Å²) in [4.78, 5) is 0. The van der Waals surface area contributed by atoms with Crippen molar-refractivity contribution in [2.45, 2.75) is 0 Å². The first-order valence-electron chi connectivity index (χ1n) is 2.45. The fourth-order valence-corrected chi connectivity index (χ4v) is 0.895. The quantitative estimate of drug-likeness (QED) is 0.610. The Bertz CT molecular complexity index is 212. The summed E-state index contributed by atoms with van der Waals surface area (Å²) in [7, 11) is 0. The third kappa shape index (κ3) is 1.33. The van der Waals surface area contributed by atoms with Gasteiger partial charge in [-0.05, 0) is 6.07 Å². The van der Waals surface area contributed by atoms with Crippen molar-refractivity contribution in [3.8, 4) is 5.75 Å². The topological polar surface area (TPSA) is 20.2 Å². The molecule has 54 valence electrons. The normalized spacial score (nSPS) is 9.90. The molecule has 0 atom stereocenters. The van der Waals surface area contributed by atoms with Crippen LogP contribution in [0.5, 0.6) is 5.75 Å². The van der Waals surface area contributed by atoms with Crippen molar-refractivity contribution in [2.24, 2.45) is 0 Å². The first-order valence-corrected chi connectivity index (χ1v) is 3.20. The van der Waals surface area contributed by atoms with E-state index in [9.17, 15) is 4.39 Å². The molecule has 0 aliphatic carbocycles. The second-order valence-electron chi connectivity index (χ2n) is 1.72. The van der Waals surface area contributed by atoms with E-state index in [1.54, 1.807) is 0 Å². The molecular weight excluding hydrogens is 178 g/mol. The van der Waals surface area contributed by atoms with Crippen molar-refractivity contribution >= 4 is 23.2 Å². The molecule has 1 N–H and O–H groups in total. The number of phenolic OH excluding ortho intramolecular Hbond substituents is 1. The molecule has 0 spiro atoms. The lowest BCUT2D eigenvalue weighted by Crippen LogP contribution is -1.76. The van der Waals surface area contributed by atoms with E-state index in [1.807, 2.05) is 0 Å². The largest absolute Gasteiger partial charge is 0.506 e. The Labute approximate surface area is 67.0 Å². The van der Waals surface area contributed by atoms with E-state index >= 15 is 0 Å². The maximum atomic E-state index is 12.4. The average molecular weight is 181 g/mol. The summed E-state index contributed by atoms with van der Waals surface area (Å²) in [5, 5.41) is 8.75. The molecule has 0 bridgehead atoms. The summed E-state index contributed by atoms with van der Waals surface area (Å²) in [6, 6.07) is 2.01. The minimum atomic E-state index is -0.677. The second kappa shape index (κ2) is 2.64. The molecule has 1 aromatic rings. The van der Waals surface area contributed by atoms with Gasteiger partial charge in [0, 0.05) is 6.07 Å². The Morgan fingerprint density at radius 3 is 2.30 bits per heavy atom. The monoisotopic (exact) mass is 180 g/mol. The van der Waals surface area contributed by atoms with Crippen LogP contribution in [0.3, 0.4) is 0 Å². The fraction of sp³-hybridized carbons (Fsp3) is 0. The molecule has 0 fully saturated rings. The lowest BCUT2D eigenvalue weighted by atomic mass is 10.3. The molecule has 10 heavy (non-hydrogen) atoms. The molecule has 0 amide bonds. The maximum absolute atomic E-state index is 12.4. The number of hydrogen-bond donors (Lipinski definition) is 1. The Hall–Kier alpha value is -0.470. The van der Waals surface area contributed by atoms with Gasteiger partial charge in [0.1, 0.15) is 11.6 Å². The number of rotatable bonds is 0. The van der Waals surface area contributed by atoms with Crippen LogP contribution in [0.1, 0.15) is 0 Å². The van der Waals surface area contributed by atoms with E-state index in [2.05, 4.69) is 0 Å². The smallest absolute Gasteiger partial charge is 0.145 e. The van der Waals surface area contributed by atoms with Gasteiger partial charge in [0.05, 0.1) is 10.0 Å². The number of halogens is 3. The number of phenols is 1. The zero-order valence-electron chi connectivity index (χ0n) is 4.74. The van der Waals surface area contributed by atoms with Crippen LogP contribution in [0, 0.1) is 5.82 Å². The van der Waals surface area contributed by atoms with Gasteiger partial charge in [-0.2, -0.15) is 0 Å². The van der Waals surface area contributed by atoms with Crippen LogP contribution in [0.15, 0.2) is 12.1 Å². The minimum absolute atomic E-state index is 0.0476. The molecule has 0 aliphatic rings. The SMILES string of the molecule is Oc1cc(F)c(Cl)cc1Cl. The first kappa shape index (κ1) is 7.63. The Morgan fingerprint density at radius 1 is 1.20 bits per heavy atom. The molecule has 1 aromatic carbocycles. The van der Waals surface area contributed by atoms with Crippen LogP contribution in [-0.4, -0.2) is 5.11 Å². The lowest BCUT2D eigenvalue weighted by molar-refractivity contribution is 0.469. The lowest BCUT2D eigenvalue weighted by Gasteiger charge is -1.96. The Morgan fingerprint density at radius 2 is 1.80 bits per heavy atom. The summed E-state index contributed by atoms with van der Waals surface area (Å²) in [6.07, 6.45) is 0. The van der Waals surface area contributed by atoms with Gasteiger partial charge in [-0.3, -0.25) is 0 Å². The molecule has 1 rings (SSSR count). The van der Waals surface area contributed by atoms with Crippen molar-refractivity contribution in [3.05, 3.63) is 28.0 Å². The first-order chi connectivity index (χ1) is 4.61. The molecule has 0 unspecified atom stereocenters. The maximum Gasteiger partial charge on any atom is 0.145 e. The van der Waals surface area contributed by atoms with E-state index < -0.39 is 5.82 Å². The van der Waals surface area contributed by atoms with Gasteiger partial charge in [0.2, 0.25) is 0 Å². The van der Waals surface area contributed by atoms with Crippen LogP contribution in [0.4, 0.5) is 4.39 Å². The fourth-order valence-electron chi connectivity index (χ4n) is 0.512. The van der Waals surface area contributed by atoms with Gasteiger partial charge in [0.15, 0.2) is 0 Å². The van der Waals surface area contributed by atoms with Gasteiger partial charge in [-0.25, -0.2) is 4.39 Å². The zero-order valence-corrected chi connectivity index (χ0v) is 6.25. The number of hydrogen-bond acceptors (Lipinski definition) is 1. The van der Waals surface area contributed by atoms with Crippen molar-refractivity contribution in [1.29, 1.82) is 0 Å². The van der Waals surface area contributed by atoms with Crippen LogP contribution in [-0.2, 0) is 0 Å². The third-order valence-corrected chi connectivity index (χ3v) is 1.58. The molecule has 0 saturated carbocycles. The van der Waals surface area contributed by atoms with Crippen molar-refractivity contribution in [3.63, 3.8) is 0 Å². The summed E-state index contributed by atoms with van der Waals surface area (Å²) < 4.78 is 12.4. The molecule has 0 aliphatic heterocycles. The Kier molecular flexibility index (Phi) is 2.02. The van der Waals surface area contributed by atoms with E-state index in [1.165, 1.54) is 0 Å². The van der Waals surface area contributed by atoms with E-state index in [4.69, 9.17) is 28.3 Å². The molecule has 0 heterocycles. The molecular formula is C6H3Cl2FO. The zero-order chi connectivity index (χ0) is 7.72. The predicted octanol–water partition coefficient (Wildman–Crippen LogP) is 2.84. The summed E-state index contributed by atoms with van der Waals surface area (Å²) in [5.41, 5.74) is 0. The van der Waals surface area contributed by atoms with E-state index in [0.717, 1.165) is 12.1 Å². The highest BCUT2D eigenvalue weighted by atomic mass is 35.5. The third-order valence-electron chi connectivity index (χ3n) is 0.990. The standard InChI is InChI=1S/C6H3Cl2FO/c7-3-1-4(8)6(10)2-5(3)9/h1-2,10H. The average Bonchev–Trinajstić information content (AvgIpc) is 1.84. The molecule has 4 heteroatoms. The molecule has 0 aromatic heterocycles. The van der Waals surface area contributed by atoms with Crippen molar-refractivity contribution < 1.29 is 9.50 Å². The summed E-state index contributed by atoms with van der Waals surface area (Å²) >= 11 is 10.7. The number of benzene rings is 1. The highest BCUT2D eigenvalue weighted by Crippen LogP contribution is 2.28. The van der Waals surface area contributed by atoms with Crippen LogP contribution < -0.4 is 0 Å². The molecule has 0 radical (unpaired) electrons.